The van der Waals surface area contributed by atoms with Gasteiger partial charge in [-0.2, -0.15) is 18.2 Å². The Kier molecular flexibility index (Phi) is 4.60. The Balaban J connectivity index is 2.98. The number of nitrogens with two attached hydrogens (primary N) is 1. The lowest BCUT2D eigenvalue weighted by atomic mass is 10.3. The normalized spacial score (nSPS) is 11.4. The number of pyridine rings is 1. The zero-order valence-corrected chi connectivity index (χ0v) is 9.74. The van der Waals surface area contributed by atoms with Crippen molar-refractivity contribution in [1.29, 1.82) is 0 Å². The molecule has 0 aliphatic carbocycles. The van der Waals surface area contributed by atoms with E-state index < -0.39 is 19.3 Å². The molecule has 1 aromatic heterocycles. The summed E-state index contributed by atoms with van der Waals surface area (Å²) >= 11 is 0. The fourth-order valence-corrected chi connectivity index (χ4v) is 1.39. The van der Waals surface area contributed by atoms with Gasteiger partial charge in [-0.15, -0.1) is 0 Å². The van der Waals surface area contributed by atoms with E-state index >= 15 is 0 Å². The van der Waals surface area contributed by atoms with Gasteiger partial charge in [-0.05, 0) is 12.1 Å². The van der Waals surface area contributed by atoms with Gasteiger partial charge in [0, 0.05) is 6.54 Å². The standard InChI is InChI=1S/C10H14F3N3O2/c1-18-9-7(14)2-3-8(15-9)16(4-5-17)6-10(11,12)13/h2-3,17H,4-6,14H2,1H3. The van der Waals surface area contributed by atoms with Crippen LogP contribution >= 0.6 is 0 Å². The van der Waals surface area contributed by atoms with Crippen LogP contribution in [0.5, 0.6) is 5.88 Å². The van der Waals surface area contributed by atoms with Crippen molar-refractivity contribution in [1.82, 2.24) is 4.98 Å². The van der Waals surface area contributed by atoms with Gasteiger partial charge < -0.3 is 20.5 Å². The van der Waals surface area contributed by atoms with E-state index in [9.17, 15) is 13.2 Å². The van der Waals surface area contributed by atoms with Crippen LogP contribution < -0.4 is 15.4 Å². The van der Waals surface area contributed by atoms with Gasteiger partial charge in [0.15, 0.2) is 0 Å². The highest BCUT2D eigenvalue weighted by Crippen LogP contribution is 2.25. The summed E-state index contributed by atoms with van der Waals surface area (Å²) in [6.07, 6.45) is -4.38. The zero-order chi connectivity index (χ0) is 13.8. The molecule has 0 unspecified atom stereocenters. The number of hydrogen-bond donors (Lipinski definition) is 2. The van der Waals surface area contributed by atoms with Crippen LogP contribution in [0.3, 0.4) is 0 Å². The Labute approximate surface area is 102 Å². The first-order chi connectivity index (χ1) is 8.37. The number of aromatic nitrogens is 1. The number of anilines is 2. The maximum Gasteiger partial charge on any atom is 0.405 e. The number of aliphatic hydroxyl groups excluding tert-OH is 1. The van der Waals surface area contributed by atoms with E-state index in [-0.39, 0.29) is 23.9 Å². The van der Waals surface area contributed by atoms with E-state index in [2.05, 4.69) is 4.98 Å². The van der Waals surface area contributed by atoms with Crippen LogP contribution in [0.1, 0.15) is 0 Å². The van der Waals surface area contributed by atoms with Crippen molar-refractivity contribution in [2.24, 2.45) is 0 Å². The summed E-state index contributed by atoms with van der Waals surface area (Å²) < 4.78 is 41.9. The molecule has 0 spiro atoms. The zero-order valence-electron chi connectivity index (χ0n) is 9.74. The van der Waals surface area contributed by atoms with Crippen molar-refractivity contribution in [2.45, 2.75) is 6.18 Å². The van der Waals surface area contributed by atoms with Crippen molar-refractivity contribution >= 4 is 11.5 Å². The topological polar surface area (TPSA) is 71.6 Å². The largest absolute Gasteiger partial charge is 0.479 e. The van der Waals surface area contributed by atoms with Crippen molar-refractivity contribution in [2.75, 3.05) is 37.4 Å². The molecule has 0 fully saturated rings. The number of rotatable bonds is 5. The van der Waals surface area contributed by atoms with Crippen LogP contribution in [-0.4, -0.2) is 43.1 Å². The highest BCUT2D eigenvalue weighted by Gasteiger charge is 2.31. The molecule has 1 heterocycles. The fourth-order valence-electron chi connectivity index (χ4n) is 1.39. The minimum absolute atomic E-state index is 0.0485. The second-order valence-electron chi connectivity index (χ2n) is 3.53. The molecule has 1 aromatic rings. The van der Waals surface area contributed by atoms with Gasteiger partial charge in [-0.25, -0.2) is 0 Å². The molecule has 3 N–H and O–H groups in total. The quantitative estimate of drug-likeness (QED) is 0.832. The summed E-state index contributed by atoms with van der Waals surface area (Å²) in [4.78, 5) is 4.77. The number of alkyl halides is 3. The monoisotopic (exact) mass is 265 g/mol. The lowest BCUT2D eigenvalue weighted by Crippen LogP contribution is -2.36. The van der Waals surface area contributed by atoms with Crippen molar-refractivity contribution in [3.8, 4) is 5.88 Å². The molecule has 0 saturated carbocycles. The average Bonchev–Trinajstić information content (AvgIpc) is 2.27. The Bertz CT molecular complexity index is 398. The van der Waals surface area contributed by atoms with Crippen LogP contribution in [-0.2, 0) is 0 Å². The van der Waals surface area contributed by atoms with Crippen molar-refractivity contribution in [3.05, 3.63) is 12.1 Å². The highest BCUT2D eigenvalue weighted by molar-refractivity contribution is 5.54. The molecular formula is C10H14F3N3O2. The molecule has 0 radical (unpaired) electrons. The first-order valence-corrected chi connectivity index (χ1v) is 5.10. The van der Waals surface area contributed by atoms with Crippen LogP contribution in [0, 0.1) is 0 Å². The summed E-state index contributed by atoms with van der Waals surface area (Å²) in [7, 11) is 1.32. The number of hydrogen-bond acceptors (Lipinski definition) is 5. The molecule has 0 aromatic carbocycles. The van der Waals surface area contributed by atoms with Crippen LogP contribution in [0.2, 0.25) is 0 Å². The molecule has 102 valence electrons. The number of nitrogen functional groups attached to an aromatic ring is 1. The van der Waals surface area contributed by atoms with E-state index in [1.165, 1.54) is 19.2 Å². The smallest absolute Gasteiger partial charge is 0.405 e. The highest BCUT2D eigenvalue weighted by atomic mass is 19.4. The van der Waals surface area contributed by atoms with Crippen molar-refractivity contribution < 1.29 is 23.0 Å². The van der Waals surface area contributed by atoms with Gasteiger partial charge in [0.05, 0.1) is 19.4 Å². The van der Waals surface area contributed by atoms with E-state index in [1.54, 1.807) is 0 Å². The Hall–Kier alpha value is -1.70. The van der Waals surface area contributed by atoms with Crippen LogP contribution in [0.4, 0.5) is 24.7 Å². The molecule has 0 saturated heterocycles. The number of ether oxygens (including phenoxy) is 1. The minimum atomic E-state index is -4.38. The Morgan fingerprint density at radius 3 is 2.61 bits per heavy atom. The third-order valence-corrected chi connectivity index (χ3v) is 2.13. The van der Waals surface area contributed by atoms with E-state index in [1.807, 2.05) is 0 Å². The predicted octanol–water partition coefficient (Wildman–Crippen LogP) is 1.03. The lowest BCUT2D eigenvalue weighted by molar-refractivity contribution is -0.120. The Morgan fingerprint density at radius 1 is 1.44 bits per heavy atom. The molecule has 8 heteroatoms. The number of halogens is 3. The minimum Gasteiger partial charge on any atom is -0.479 e. The molecule has 18 heavy (non-hydrogen) atoms. The van der Waals surface area contributed by atoms with E-state index in [4.69, 9.17) is 15.6 Å². The molecule has 0 amide bonds. The number of aliphatic hydroxyl groups is 1. The second-order valence-corrected chi connectivity index (χ2v) is 3.53. The van der Waals surface area contributed by atoms with Crippen LogP contribution in [0.15, 0.2) is 12.1 Å². The molecular weight excluding hydrogens is 251 g/mol. The third kappa shape index (κ3) is 3.95. The van der Waals surface area contributed by atoms with Gasteiger partial charge in [-0.1, -0.05) is 0 Å². The van der Waals surface area contributed by atoms with Gasteiger partial charge in [0.1, 0.15) is 12.4 Å². The molecule has 0 aliphatic rings. The molecule has 0 aliphatic heterocycles. The summed E-state index contributed by atoms with van der Waals surface area (Å²) in [5.41, 5.74) is 5.76. The van der Waals surface area contributed by atoms with Gasteiger partial charge in [-0.3, -0.25) is 0 Å². The fraction of sp³-hybridized carbons (Fsp3) is 0.500. The maximum atomic E-state index is 12.4. The summed E-state index contributed by atoms with van der Waals surface area (Å²) in [5.74, 6) is 0.102. The van der Waals surface area contributed by atoms with Gasteiger partial charge in [0.2, 0.25) is 5.88 Å². The SMILES string of the molecule is COc1nc(N(CCO)CC(F)(F)F)ccc1N. The lowest BCUT2D eigenvalue weighted by Gasteiger charge is -2.24. The summed E-state index contributed by atoms with van der Waals surface area (Å²) in [6, 6.07) is 2.75. The van der Waals surface area contributed by atoms with Crippen molar-refractivity contribution in [3.63, 3.8) is 0 Å². The van der Waals surface area contributed by atoms with Gasteiger partial charge >= 0.3 is 6.18 Å². The summed E-state index contributed by atoms with van der Waals surface area (Å²) in [6.45, 7) is -1.79. The predicted molar refractivity (Wildman–Crippen MR) is 60.6 cm³/mol. The van der Waals surface area contributed by atoms with Gasteiger partial charge in [0.25, 0.3) is 0 Å². The van der Waals surface area contributed by atoms with Crippen LogP contribution in [0.25, 0.3) is 0 Å². The first-order valence-electron chi connectivity index (χ1n) is 5.10. The molecule has 5 nitrogen and oxygen atoms in total. The Morgan fingerprint density at radius 2 is 2.11 bits per heavy atom. The third-order valence-electron chi connectivity index (χ3n) is 2.13. The van der Waals surface area contributed by atoms with E-state index in [0.29, 0.717) is 0 Å². The van der Waals surface area contributed by atoms with E-state index in [0.717, 1.165) is 4.90 Å². The first kappa shape index (κ1) is 14.4. The summed E-state index contributed by atoms with van der Waals surface area (Å²) in [5, 5.41) is 8.78. The second kappa shape index (κ2) is 5.76. The number of methoxy groups -OCH3 is 1. The molecule has 1 rings (SSSR count). The molecule has 0 bridgehead atoms. The maximum absolute atomic E-state index is 12.4. The average molecular weight is 265 g/mol. The molecule has 0 atom stereocenters. The number of nitrogens with zero attached hydrogens (tertiary/aromatic N) is 2.